The van der Waals surface area contributed by atoms with Crippen molar-refractivity contribution in [3.05, 3.63) is 53.8 Å². The van der Waals surface area contributed by atoms with Crippen molar-refractivity contribution in [2.24, 2.45) is 0 Å². The van der Waals surface area contributed by atoms with E-state index >= 15 is 0 Å². The Morgan fingerprint density at radius 2 is 1.83 bits per heavy atom. The summed E-state index contributed by atoms with van der Waals surface area (Å²) in [6.45, 7) is 5.78. The molecular formula is C22H27FN4O2. The predicted molar refractivity (Wildman–Crippen MR) is 114 cm³/mol. The lowest BCUT2D eigenvalue weighted by Crippen LogP contribution is -2.33. The van der Waals surface area contributed by atoms with Crippen LogP contribution in [0.15, 0.2) is 42.5 Å². The van der Waals surface area contributed by atoms with E-state index < -0.39 is 11.8 Å². The molecule has 1 saturated heterocycles. The summed E-state index contributed by atoms with van der Waals surface area (Å²) in [6.07, 6.45) is 3.02. The Morgan fingerprint density at radius 3 is 2.52 bits per heavy atom. The average Bonchev–Trinajstić information content (AvgIpc) is 3.24. The molecule has 0 aliphatic carbocycles. The van der Waals surface area contributed by atoms with E-state index in [-0.39, 0.29) is 17.6 Å². The molecule has 3 amide bonds. The molecule has 1 atom stereocenters. The van der Waals surface area contributed by atoms with Crippen molar-refractivity contribution in [3.63, 3.8) is 0 Å². The van der Waals surface area contributed by atoms with Crippen LogP contribution in [0, 0.1) is 5.82 Å². The standard InChI is InChI=1S/C22H27FN4O2/c1-3-15(2)24-21(28)17-14-16(10-11-20(17)27-12-6-7-13-27)25-22(29)26-19-9-5-4-8-18(19)23/h4-5,8-11,14-15H,3,6-7,12-13H2,1-2H3,(H,24,28)(H2,25,26,29). The van der Waals surface area contributed by atoms with E-state index in [1.165, 1.54) is 12.1 Å². The maximum Gasteiger partial charge on any atom is 0.323 e. The molecule has 1 fully saturated rings. The van der Waals surface area contributed by atoms with Gasteiger partial charge in [0, 0.05) is 30.5 Å². The topological polar surface area (TPSA) is 73.5 Å². The minimum atomic E-state index is -0.572. The van der Waals surface area contributed by atoms with E-state index in [1.807, 2.05) is 19.9 Å². The molecule has 7 heteroatoms. The van der Waals surface area contributed by atoms with Crippen LogP contribution in [0.4, 0.5) is 26.2 Å². The fourth-order valence-electron chi connectivity index (χ4n) is 3.28. The molecule has 1 unspecified atom stereocenters. The smallest absolute Gasteiger partial charge is 0.323 e. The van der Waals surface area contributed by atoms with Crippen molar-refractivity contribution >= 4 is 29.0 Å². The molecule has 0 saturated carbocycles. The molecule has 1 aliphatic heterocycles. The molecule has 0 bridgehead atoms. The van der Waals surface area contributed by atoms with Gasteiger partial charge in [-0.25, -0.2) is 9.18 Å². The number of hydrogen-bond acceptors (Lipinski definition) is 3. The number of benzene rings is 2. The highest BCUT2D eigenvalue weighted by atomic mass is 19.1. The largest absolute Gasteiger partial charge is 0.371 e. The number of amides is 3. The van der Waals surface area contributed by atoms with Gasteiger partial charge in [0.25, 0.3) is 5.91 Å². The van der Waals surface area contributed by atoms with Crippen LogP contribution in [0.2, 0.25) is 0 Å². The molecule has 2 aromatic rings. The Bertz CT molecular complexity index is 881. The van der Waals surface area contributed by atoms with Crippen LogP contribution in [0.3, 0.4) is 0 Å². The zero-order valence-electron chi connectivity index (χ0n) is 16.8. The SMILES string of the molecule is CCC(C)NC(=O)c1cc(NC(=O)Nc2ccccc2F)ccc1N1CCCC1. The highest BCUT2D eigenvalue weighted by Gasteiger charge is 2.21. The number of carbonyl (C=O) groups excluding carboxylic acids is 2. The maximum absolute atomic E-state index is 13.7. The van der Waals surface area contributed by atoms with Gasteiger partial charge < -0.3 is 20.9 Å². The number of urea groups is 1. The summed E-state index contributed by atoms with van der Waals surface area (Å²) in [7, 11) is 0. The molecule has 0 radical (unpaired) electrons. The van der Waals surface area contributed by atoms with Crippen LogP contribution in [-0.4, -0.2) is 31.1 Å². The second kappa shape index (κ2) is 9.41. The van der Waals surface area contributed by atoms with Gasteiger partial charge in [-0.1, -0.05) is 19.1 Å². The number of rotatable bonds is 6. The third kappa shape index (κ3) is 5.25. The monoisotopic (exact) mass is 398 g/mol. The molecule has 0 aromatic heterocycles. The summed E-state index contributed by atoms with van der Waals surface area (Å²) in [6, 6.07) is 10.7. The summed E-state index contributed by atoms with van der Waals surface area (Å²) < 4.78 is 13.7. The number of nitrogens with zero attached hydrogens (tertiary/aromatic N) is 1. The second-order valence-electron chi connectivity index (χ2n) is 7.27. The maximum atomic E-state index is 13.7. The quantitative estimate of drug-likeness (QED) is 0.666. The minimum Gasteiger partial charge on any atom is -0.371 e. The molecule has 2 aromatic carbocycles. The van der Waals surface area contributed by atoms with Gasteiger partial charge in [-0.05, 0) is 56.5 Å². The van der Waals surface area contributed by atoms with E-state index in [0.717, 1.165) is 38.0 Å². The fraction of sp³-hybridized carbons (Fsp3) is 0.364. The number of nitrogens with one attached hydrogen (secondary N) is 3. The normalized spacial score (nSPS) is 14.4. The summed E-state index contributed by atoms with van der Waals surface area (Å²) >= 11 is 0. The number of halogens is 1. The first-order valence-corrected chi connectivity index (χ1v) is 10.0. The summed E-state index contributed by atoms with van der Waals surface area (Å²) in [4.78, 5) is 27.3. The van der Waals surface area contributed by atoms with Crippen molar-refractivity contribution in [1.29, 1.82) is 0 Å². The number of hydrogen-bond donors (Lipinski definition) is 3. The van der Waals surface area contributed by atoms with Gasteiger partial charge in [0.1, 0.15) is 5.82 Å². The highest BCUT2D eigenvalue weighted by molar-refractivity contribution is 6.04. The number of carbonyl (C=O) groups is 2. The lowest BCUT2D eigenvalue weighted by molar-refractivity contribution is 0.0939. The molecule has 154 valence electrons. The Morgan fingerprint density at radius 1 is 1.10 bits per heavy atom. The van der Waals surface area contributed by atoms with Crippen LogP contribution in [0.25, 0.3) is 0 Å². The first-order chi connectivity index (χ1) is 14.0. The van der Waals surface area contributed by atoms with Gasteiger partial charge in [-0.2, -0.15) is 0 Å². The summed E-state index contributed by atoms with van der Waals surface area (Å²) in [5.41, 5.74) is 1.95. The molecule has 6 nitrogen and oxygen atoms in total. The Hall–Kier alpha value is -3.09. The van der Waals surface area contributed by atoms with Crippen LogP contribution < -0.4 is 20.9 Å². The Labute approximate surface area is 170 Å². The third-order valence-corrected chi connectivity index (χ3v) is 5.06. The van der Waals surface area contributed by atoms with E-state index in [2.05, 4.69) is 20.9 Å². The fourth-order valence-corrected chi connectivity index (χ4v) is 3.28. The van der Waals surface area contributed by atoms with E-state index in [0.29, 0.717) is 11.3 Å². The van der Waals surface area contributed by atoms with Crippen molar-refractivity contribution in [2.75, 3.05) is 28.6 Å². The van der Waals surface area contributed by atoms with Gasteiger partial charge in [0.05, 0.1) is 11.3 Å². The molecule has 1 aliphatic rings. The molecule has 0 spiro atoms. The summed E-state index contributed by atoms with van der Waals surface area (Å²) in [5.74, 6) is -0.680. The van der Waals surface area contributed by atoms with Gasteiger partial charge in [0.15, 0.2) is 0 Å². The van der Waals surface area contributed by atoms with E-state index in [4.69, 9.17) is 0 Å². The number of anilines is 3. The van der Waals surface area contributed by atoms with Gasteiger partial charge in [0.2, 0.25) is 0 Å². The molecule has 1 heterocycles. The van der Waals surface area contributed by atoms with Crippen molar-refractivity contribution in [3.8, 4) is 0 Å². The Balaban J connectivity index is 1.80. The van der Waals surface area contributed by atoms with Crippen molar-refractivity contribution < 1.29 is 14.0 Å². The van der Waals surface area contributed by atoms with E-state index in [9.17, 15) is 14.0 Å². The first-order valence-electron chi connectivity index (χ1n) is 10.0. The zero-order chi connectivity index (χ0) is 20.8. The molecule has 3 N–H and O–H groups in total. The van der Waals surface area contributed by atoms with Gasteiger partial charge in [-0.15, -0.1) is 0 Å². The molecule has 3 rings (SSSR count). The zero-order valence-corrected chi connectivity index (χ0v) is 16.8. The van der Waals surface area contributed by atoms with Crippen LogP contribution >= 0.6 is 0 Å². The lowest BCUT2D eigenvalue weighted by Gasteiger charge is -2.23. The van der Waals surface area contributed by atoms with E-state index in [1.54, 1.807) is 24.3 Å². The Kier molecular flexibility index (Phi) is 6.69. The predicted octanol–water partition coefficient (Wildman–Crippen LogP) is 4.60. The van der Waals surface area contributed by atoms with Gasteiger partial charge in [-0.3, -0.25) is 4.79 Å². The summed E-state index contributed by atoms with van der Waals surface area (Å²) in [5, 5.41) is 8.16. The first kappa shape index (κ1) is 20.6. The lowest BCUT2D eigenvalue weighted by atomic mass is 10.1. The van der Waals surface area contributed by atoms with Crippen molar-refractivity contribution in [1.82, 2.24) is 5.32 Å². The third-order valence-electron chi connectivity index (χ3n) is 5.06. The van der Waals surface area contributed by atoms with Gasteiger partial charge >= 0.3 is 6.03 Å². The van der Waals surface area contributed by atoms with Crippen LogP contribution in [0.5, 0.6) is 0 Å². The molecular weight excluding hydrogens is 371 g/mol. The average molecular weight is 398 g/mol. The number of para-hydroxylation sites is 1. The van der Waals surface area contributed by atoms with Crippen LogP contribution in [0.1, 0.15) is 43.5 Å². The minimum absolute atomic E-state index is 0.0508. The molecule has 29 heavy (non-hydrogen) atoms. The van der Waals surface area contributed by atoms with Crippen molar-refractivity contribution in [2.45, 2.75) is 39.2 Å². The second-order valence-corrected chi connectivity index (χ2v) is 7.27. The highest BCUT2D eigenvalue weighted by Crippen LogP contribution is 2.28. The van der Waals surface area contributed by atoms with Crippen LogP contribution in [-0.2, 0) is 0 Å².